The van der Waals surface area contributed by atoms with Crippen molar-refractivity contribution in [1.82, 2.24) is 10.3 Å². The quantitative estimate of drug-likeness (QED) is 0.770. The van der Waals surface area contributed by atoms with Crippen LogP contribution in [0.3, 0.4) is 0 Å². The minimum Gasteiger partial charge on any atom is -0.465 e. The van der Waals surface area contributed by atoms with E-state index in [2.05, 4.69) is 10.3 Å². The van der Waals surface area contributed by atoms with Crippen molar-refractivity contribution in [1.29, 1.82) is 0 Å². The van der Waals surface area contributed by atoms with E-state index in [0.29, 0.717) is 24.8 Å². The molecule has 1 rings (SSSR count). The van der Waals surface area contributed by atoms with Crippen LogP contribution in [0, 0.1) is 0 Å². The summed E-state index contributed by atoms with van der Waals surface area (Å²) in [5.74, 6) is 1.71. The number of rotatable bonds is 4. The standard InChI is InChI=1S/C9H14N2O3/c1-6(2)7-5-11-8(14-7)3-4-10-9(12)13/h5-6,10H,3-4H2,1-2H3,(H,12,13). The SMILES string of the molecule is CC(C)c1cnc(CCNC(=O)O)o1. The molecule has 14 heavy (non-hydrogen) atoms. The maximum Gasteiger partial charge on any atom is 0.404 e. The highest BCUT2D eigenvalue weighted by Gasteiger charge is 2.07. The van der Waals surface area contributed by atoms with Gasteiger partial charge in [0, 0.05) is 18.9 Å². The molecule has 0 unspecified atom stereocenters. The number of carboxylic acid groups (broad SMARTS) is 1. The second-order valence-electron chi connectivity index (χ2n) is 3.29. The molecule has 0 fully saturated rings. The minimum atomic E-state index is -1.03. The number of nitrogens with one attached hydrogen (secondary N) is 1. The van der Waals surface area contributed by atoms with Crippen molar-refractivity contribution in [2.75, 3.05) is 6.54 Å². The van der Waals surface area contributed by atoms with Gasteiger partial charge in [0.15, 0.2) is 5.89 Å². The van der Waals surface area contributed by atoms with Gasteiger partial charge in [-0.2, -0.15) is 0 Å². The lowest BCUT2D eigenvalue weighted by Gasteiger charge is -1.98. The molecule has 0 aliphatic carbocycles. The smallest absolute Gasteiger partial charge is 0.404 e. The summed E-state index contributed by atoms with van der Waals surface area (Å²) >= 11 is 0. The van der Waals surface area contributed by atoms with E-state index in [1.165, 1.54) is 0 Å². The fourth-order valence-electron chi connectivity index (χ4n) is 0.983. The maximum absolute atomic E-state index is 10.1. The van der Waals surface area contributed by atoms with E-state index in [9.17, 15) is 4.79 Å². The monoisotopic (exact) mass is 198 g/mol. The van der Waals surface area contributed by atoms with Gasteiger partial charge in [0.05, 0.1) is 6.20 Å². The third kappa shape index (κ3) is 3.08. The molecule has 0 saturated carbocycles. The molecule has 0 radical (unpaired) electrons. The van der Waals surface area contributed by atoms with E-state index in [1.807, 2.05) is 13.8 Å². The summed E-state index contributed by atoms with van der Waals surface area (Å²) in [6, 6.07) is 0. The minimum absolute atomic E-state index is 0.309. The van der Waals surface area contributed by atoms with Gasteiger partial charge in [-0.05, 0) is 0 Å². The number of hydrogen-bond donors (Lipinski definition) is 2. The lowest BCUT2D eigenvalue weighted by Crippen LogP contribution is -2.23. The van der Waals surface area contributed by atoms with Crippen molar-refractivity contribution < 1.29 is 14.3 Å². The van der Waals surface area contributed by atoms with Crippen molar-refractivity contribution in [2.45, 2.75) is 26.2 Å². The lowest BCUT2D eigenvalue weighted by molar-refractivity contribution is 0.194. The predicted octanol–water partition coefficient (Wildman–Crippen LogP) is 1.61. The van der Waals surface area contributed by atoms with Crippen LogP contribution < -0.4 is 5.32 Å². The summed E-state index contributed by atoms with van der Waals surface area (Å²) in [5.41, 5.74) is 0. The van der Waals surface area contributed by atoms with E-state index in [0.717, 1.165) is 5.76 Å². The Morgan fingerprint density at radius 1 is 1.71 bits per heavy atom. The fraction of sp³-hybridized carbons (Fsp3) is 0.556. The van der Waals surface area contributed by atoms with Crippen LogP contribution in [0.25, 0.3) is 0 Å². The average molecular weight is 198 g/mol. The Labute approximate surface area is 82.1 Å². The Hall–Kier alpha value is -1.52. The molecule has 78 valence electrons. The average Bonchev–Trinajstić information content (AvgIpc) is 2.52. The molecule has 5 heteroatoms. The molecule has 1 aromatic rings. The Morgan fingerprint density at radius 3 is 2.93 bits per heavy atom. The number of amides is 1. The summed E-state index contributed by atoms with van der Waals surface area (Å²) in [6.07, 6.45) is 1.14. The summed E-state index contributed by atoms with van der Waals surface area (Å²) in [5, 5.41) is 10.6. The molecule has 0 aliphatic rings. The van der Waals surface area contributed by atoms with Gasteiger partial charge in [0.25, 0.3) is 0 Å². The molecule has 1 amide bonds. The molecular formula is C9H14N2O3. The van der Waals surface area contributed by atoms with Gasteiger partial charge >= 0.3 is 6.09 Å². The summed E-state index contributed by atoms with van der Waals surface area (Å²) in [4.78, 5) is 14.2. The summed E-state index contributed by atoms with van der Waals surface area (Å²) < 4.78 is 5.38. The van der Waals surface area contributed by atoms with Crippen LogP contribution in [-0.4, -0.2) is 22.7 Å². The van der Waals surface area contributed by atoms with Gasteiger partial charge in [-0.25, -0.2) is 9.78 Å². The predicted molar refractivity (Wildman–Crippen MR) is 50.3 cm³/mol. The largest absolute Gasteiger partial charge is 0.465 e. The van der Waals surface area contributed by atoms with E-state index >= 15 is 0 Å². The Morgan fingerprint density at radius 2 is 2.43 bits per heavy atom. The van der Waals surface area contributed by atoms with Crippen molar-refractivity contribution in [3.63, 3.8) is 0 Å². The normalized spacial score (nSPS) is 10.5. The molecule has 0 atom stereocenters. The van der Waals surface area contributed by atoms with Crippen molar-refractivity contribution in [3.05, 3.63) is 17.8 Å². The zero-order valence-corrected chi connectivity index (χ0v) is 8.28. The maximum atomic E-state index is 10.1. The van der Waals surface area contributed by atoms with E-state index in [1.54, 1.807) is 6.20 Å². The van der Waals surface area contributed by atoms with Crippen LogP contribution in [0.15, 0.2) is 10.6 Å². The highest BCUT2D eigenvalue weighted by Crippen LogP contribution is 2.14. The first kappa shape index (κ1) is 10.6. The molecule has 0 saturated heterocycles. The van der Waals surface area contributed by atoms with Crippen LogP contribution >= 0.6 is 0 Å². The molecule has 0 spiro atoms. The molecule has 2 N–H and O–H groups in total. The first-order valence-corrected chi connectivity index (χ1v) is 4.51. The van der Waals surface area contributed by atoms with E-state index in [4.69, 9.17) is 9.52 Å². The topological polar surface area (TPSA) is 75.4 Å². The second kappa shape index (κ2) is 4.64. The Bertz CT molecular complexity index is 307. The highest BCUT2D eigenvalue weighted by molar-refractivity contribution is 5.64. The van der Waals surface area contributed by atoms with Crippen molar-refractivity contribution in [3.8, 4) is 0 Å². The third-order valence-electron chi connectivity index (χ3n) is 1.76. The van der Waals surface area contributed by atoms with Crippen molar-refractivity contribution in [2.24, 2.45) is 0 Å². The number of aromatic nitrogens is 1. The Kier molecular flexibility index (Phi) is 3.50. The van der Waals surface area contributed by atoms with Gasteiger partial charge in [-0.1, -0.05) is 13.8 Å². The van der Waals surface area contributed by atoms with Gasteiger partial charge in [0.1, 0.15) is 5.76 Å². The molecular weight excluding hydrogens is 184 g/mol. The first-order valence-electron chi connectivity index (χ1n) is 4.51. The first-order chi connectivity index (χ1) is 6.59. The number of carbonyl (C=O) groups is 1. The lowest BCUT2D eigenvalue weighted by atomic mass is 10.2. The number of oxazole rings is 1. The van der Waals surface area contributed by atoms with Crippen molar-refractivity contribution >= 4 is 6.09 Å². The zero-order chi connectivity index (χ0) is 10.6. The van der Waals surface area contributed by atoms with Gasteiger partial charge in [0.2, 0.25) is 0 Å². The fourth-order valence-corrected chi connectivity index (χ4v) is 0.983. The van der Waals surface area contributed by atoms with Crippen LogP contribution in [0.2, 0.25) is 0 Å². The van der Waals surface area contributed by atoms with Gasteiger partial charge in [-0.3, -0.25) is 0 Å². The van der Waals surface area contributed by atoms with Gasteiger partial charge < -0.3 is 14.8 Å². The molecule has 0 aliphatic heterocycles. The molecule has 5 nitrogen and oxygen atoms in total. The van der Waals surface area contributed by atoms with Crippen LogP contribution in [0.5, 0.6) is 0 Å². The van der Waals surface area contributed by atoms with E-state index < -0.39 is 6.09 Å². The Balaban J connectivity index is 2.40. The van der Waals surface area contributed by atoms with Gasteiger partial charge in [-0.15, -0.1) is 0 Å². The van der Waals surface area contributed by atoms with Crippen LogP contribution in [0.4, 0.5) is 4.79 Å². The number of nitrogens with zero attached hydrogens (tertiary/aromatic N) is 1. The molecule has 1 heterocycles. The summed E-state index contributed by atoms with van der Waals surface area (Å²) in [6.45, 7) is 4.35. The van der Waals surface area contributed by atoms with Crippen LogP contribution in [0.1, 0.15) is 31.4 Å². The number of hydrogen-bond acceptors (Lipinski definition) is 3. The van der Waals surface area contributed by atoms with Crippen LogP contribution in [-0.2, 0) is 6.42 Å². The highest BCUT2D eigenvalue weighted by atomic mass is 16.4. The molecule has 0 aromatic carbocycles. The third-order valence-corrected chi connectivity index (χ3v) is 1.76. The second-order valence-corrected chi connectivity index (χ2v) is 3.29. The van der Waals surface area contributed by atoms with E-state index in [-0.39, 0.29) is 0 Å². The zero-order valence-electron chi connectivity index (χ0n) is 8.28. The molecule has 0 bridgehead atoms. The molecule has 1 aromatic heterocycles. The summed E-state index contributed by atoms with van der Waals surface area (Å²) in [7, 11) is 0.